The Hall–Kier alpha value is -3.62. The van der Waals surface area contributed by atoms with E-state index in [2.05, 4.69) is 5.32 Å². The molecular formula is C27H16Cl3F8N3O3. The van der Waals surface area contributed by atoms with Gasteiger partial charge in [-0.15, -0.1) is 23.2 Å². The third kappa shape index (κ3) is 6.71. The van der Waals surface area contributed by atoms with Gasteiger partial charge in [0.1, 0.15) is 21.7 Å². The fourth-order valence-electron chi connectivity index (χ4n) is 4.19. The average Bonchev–Trinajstić information content (AvgIpc) is 3.49. The van der Waals surface area contributed by atoms with Gasteiger partial charge in [-0.25, -0.2) is 13.2 Å². The van der Waals surface area contributed by atoms with Crippen LogP contribution in [0.15, 0.2) is 48.5 Å². The van der Waals surface area contributed by atoms with E-state index in [1.54, 1.807) is 0 Å². The molecule has 2 atom stereocenters. The minimum atomic E-state index is -5.02. The summed E-state index contributed by atoms with van der Waals surface area (Å²) in [6.07, 6.45) is -5.02. The van der Waals surface area contributed by atoms with Crippen molar-refractivity contribution in [3.63, 3.8) is 0 Å². The number of rotatable bonds is 7. The zero-order chi connectivity index (χ0) is 32.9. The van der Waals surface area contributed by atoms with E-state index in [0.717, 1.165) is 24.3 Å². The Kier molecular flexibility index (Phi) is 8.86. The smallest absolute Gasteiger partial charge is 0.326 e. The molecule has 0 spiro atoms. The molecule has 0 bridgehead atoms. The third-order valence-electron chi connectivity index (χ3n) is 6.45. The SMILES string of the molecule is CC(F)(F)C(=O)Nc1c(F)ccc(NC(=O)c2cc(NC(=O)C3[C@H](c4ccc(F)c(C(F)(F)F)c4)C3(Cl)Cl)ccc2Cl)c1F. The molecule has 1 fully saturated rings. The average molecular weight is 689 g/mol. The predicted octanol–water partition coefficient (Wildman–Crippen LogP) is 8.15. The second kappa shape index (κ2) is 11.7. The lowest BCUT2D eigenvalue weighted by Gasteiger charge is -2.15. The molecule has 0 radical (unpaired) electrons. The van der Waals surface area contributed by atoms with Gasteiger partial charge in [-0.1, -0.05) is 17.7 Å². The zero-order valence-electron chi connectivity index (χ0n) is 21.7. The Morgan fingerprint density at radius 2 is 1.48 bits per heavy atom. The highest BCUT2D eigenvalue weighted by Gasteiger charge is 2.67. The summed E-state index contributed by atoms with van der Waals surface area (Å²) in [4.78, 5) is 37.4. The van der Waals surface area contributed by atoms with Crippen molar-refractivity contribution < 1.29 is 49.5 Å². The van der Waals surface area contributed by atoms with Gasteiger partial charge in [-0.3, -0.25) is 14.4 Å². The summed E-state index contributed by atoms with van der Waals surface area (Å²) in [5, 5.41) is 5.61. The van der Waals surface area contributed by atoms with Gasteiger partial charge in [0.2, 0.25) is 5.91 Å². The lowest BCUT2D eigenvalue weighted by Crippen LogP contribution is -2.32. The first kappa shape index (κ1) is 33.3. The Balaban J connectivity index is 1.53. The molecule has 1 aliphatic rings. The number of anilines is 3. The molecule has 1 saturated carbocycles. The third-order valence-corrected chi connectivity index (χ3v) is 7.72. The van der Waals surface area contributed by atoms with E-state index in [-0.39, 0.29) is 28.8 Å². The minimum Gasteiger partial charge on any atom is -0.326 e. The molecule has 3 N–H and O–H groups in total. The summed E-state index contributed by atoms with van der Waals surface area (Å²) < 4.78 is 107. The second-order valence-electron chi connectivity index (χ2n) is 9.63. The molecule has 1 aliphatic carbocycles. The maximum atomic E-state index is 14.9. The van der Waals surface area contributed by atoms with E-state index < -0.39 is 80.4 Å². The van der Waals surface area contributed by atoms with Crippen molar-refractivity contribution in [2.75, 3.05) is 16.0 Å². The summed E-state index contributed by atoms with van der Waals surface area (Å²) >= 11 is 18.4. The molecule has 0 aliphatic heterocycles. The Morgan fingerprint density at radius 1 is 0.841 bits per heavy atom. The van der Waals surface area contributed by atoms with Gasteiger partial charge in [0.15, 0.2) is 5.82 Å². The van der Waals surface area contributed by atoms with Gasteiger partial charge in [-0.05, 0) is 48.0 Å². The number of benzene rings is 3. The van der Waals surface area contributed by atoms with Crippen molar-refractivity contribution in [3.8, 4) is 0 Å². The minimum absolute atomic E-state index is 0.0906. The summed E-state index contributed by atoms with van der Waals surface area (Å²) in [5.74, 6) is -15.0. The van der Waals surface area contributed by atoms with Crippen LogP contribution in [-0.4, -0.2) is 28.0 Å². The lowest BCUT2D eigenvalue weighted by atomic mass is 10.0. The normalized spacial score (nSPS) is 17.5. The zero-order valence-corrected chi connectivity index (χ0v) is 23.9. The quantitative estimate of drug-likeness (QED) is 0.173. The molecule has 6 nitrogen and oxygen atoms in total. The summed E-state index contributed by atoms with van der Waals surface area (Å²) in [6, 6.07) is 6.82. The van der Waals surface area contributed by atoms with E-state index in [1.807, 2.05) is 5.32 Å². The number of alkyl halides is 7. The Bertz CT molecular complexity index is 1680. The summed E-state index contributed by atoms with van der Waals surface area (Å²) in [6.45, 7) is 0.202. The van der Waals surface area contributed by atoms with Crippen LogP contribution in [-0.2, 0) is 15.8 Å². The number of hydrogen-bond acceptors (Lipinski definition) is 3. The van der Waals surface area contributed by atoms with Crippen LogP contribution in [0, 0.1) is 23.4 Å². The van der Waals surface area contributed by atoms with Crippen LogP contribution in [0.3, 0.4) is 0 Å². The summed E-state index contributed by atoms with van der Waals surface area (Å²) in [5.41, 5.74) is -4.18. The first-order valence-electron chi connectivity index (χ1n) is 12.1. The molecule has 3 aromatic carbocycles. The topological polar surface area (TPSA) is 87.3 Å². The Labute approximate surface area is 257 Å². The van der Waals surface area contributed by atoms with E-state index in [4.69, 9.17) is 34.8 Å². The van der Waals surface area contributed by atoms with Gasteiger partial charge in [0, 0.05) is 18.5 Å². The van der Waals surface area contributed by atoms with E-state index in [9.17, 15) is 49.5 Å². The predicted molar refractivity (Wildman–Crippen MR) is 146 cm³/mol. The first-order chi connectivity index (χ1) is 20.2. The molecule has 44 heavy (non-hydrogen) atoms. The van der Waals surface area contributed by atoms with Crippen LogP contribution in [0.25, 0.3) is 0 Å². The van der Waals surface area contributed by atoms with Crippen molar-refractivity contribution in [2.24, 2.45) is 5.92 Å². The fourth-order valence-corrected chi connectivity index (χ4v) is 5.23. The molecule has 1 unspecified atom stereocenters. The van der Waals surface area contributed by atoms with E-state index in [0.29, 0.717) is 18.2 Å². The number of hydrogen-bond donors (Lipinski definition) is 3. The van der Waals surface area contributed by atoms with Crippen molar-refractivity contribution in [1.82, 2.24) is 0 Å². The van der Waals surface area contributed by atoms with E-state index >= 15 is 0 Å². The monoisotopic (exact) mass is 687 g/mol. The molecule has 0 heterocycles. The van der Waals surface area contributed by atoms with Crippen molar-refractivity contribution >= 4 is 69.6 Å². The number of amides is 3. The number of carbonyl (C=O) groups is 3. The second-order valence-corrected chi connectivity index (χ2v) is 11.5. The van der Waals surface area contributed by atoms with Crippen LogP contribution in [0.5, 0.6) is 0 Å². The standard InChI is InChI=1S/C27H16Cl3F8N3O3/c1-25(34,35)24(44)41-21-16(32)6-7-17(20(21)33)40-22(42)12-9-11(3-4-14(12)28)39-23(43)19-18(26(19,29)30)10-2-5-15(31)13(8-10)27(36,37)38/h2-9,18-19H,1H3,(H,39,43)(H,40,42)(H,41,44)/t18-,19?/m0/s1. The highest BCUT2D eigenvalue weighted by Crippen LogP contribution is 2.65. The van der Waals surface area contributed by atoms with Crippen molar-refractivity contribution in [3.05, 3.63) is 87.7 Å². The summed E-state index contributed by atoms with van der Waals surface area (Å²) in [7, 11) is 0. The first-order valence-corrected chi connectivity index (χ1v) is 13.2. The molecule has 3 amide bonds. The van der Waals surface area contributed by atoms with Crippen LogP contribution in [0.1, 0.15) is 34.3 Å². The molecule has 0 saturated heterocycles. The van der Waals surface area contributed by atoms with Crippen LogP contribution >= 0.6 is 34.8 Å². The number of carbonyl (C=O) groups excluding carboxylic acids is 3. The van der Waals surface area contributed by atoms with Crippen molar-refractivity contribution in [2.45, 2.75) is 29.3 Å². The molecule has 17 heteroatoms. The van der Waals surface area contributed by atoms with Gasteiger partial charge in [-0.2, -0.15) is 22.0 Å². The van der Waals surface area contributed by atoms with Gasteiger partial charge in [0.05, 0.1) is 27.8 Å². The molecule has 234 valence electrons. The van der Waals surface area contributed by atoms with Crippen LogP contribution < -0.4 is 16.0 Å². The molecule has 0 aromatic heterocycles. The van der Waals surface area contributed by atoms with Gasteiger partial charge in [0.25, 0.3) is 11.8 Å². The molecular weight excluding hydrogens is 673 g/mol. The van der Waals surface area contributed by atoms with Crippen LogP contribution in [0.4, 0.5) is 52.2 Å². The molecule has 4 rings (SSSR count). The van der Waals surface area contributed by atoms with E-state index in [1.165, 1.54) is 11.4 Å². The largest absolute Gasteiger partial charge is 0.419 e. The highest BCUT2D eigenvalue weighted by atomic mass is 35.5. The van der Waals surface area contributed by atoms with Gasteiger partial charge < -0.3 is 16.0 Å². The lowest BCUT2D eigenvalue weighted by molar-refractivity contribution is -0.140. The number of halogens is 11. The maximum Gasteiger partial charge on any atom is 0.419 e. The van der Waals surface area contributed by atoms with Crippen LogP contribution in [0.2, 0.25) is 5.02 Å². The van der Waals surface area contributed by atoms with Gasteiger partial charge >= 0.3 is 12.1 Å². The molecule has 3 aromatic rings. The highest BCUT2D eigenvalue weighted by molar-refractivity contribution is 6.53. The Morgan fingerprint density at radius 3 is 2.09 bits per heavy atom. The number of nitrogens with one attached hydrogen (secondary N) is 3. The fraction of sp³-hybridized carbons (Fsp3) is 0.222. The maximum absolute atomic E-state index is 14.9. The van der Waals surface area contributed by atoms with Crippen molar-refractivity contribution in [1.29, 1.82) is 0 Å².